The predicted octanol–water partition coefficient (Wildman–Crippen LogP) is 2.10. The topological polar surface area (TPSA) is 69.7 Å². The van der Waals surface area contributed by atoms with Crippen molar-refractivity contribution in [3.8, 4) is 5.75 Å². The van der Waals surface area contributed by atoms with Gasteiger partial charge in [0.1, 0.15) is 17.3 Å². The zero-order chi connectivity index (χ0) is 15.8. The first-order chi connectivity index (χ1) is 9.77. The van der Waals surface area contributed by atoms with Crippen molar-refractivity contribution >= 4 is 17.5 Å². The maximum atomic E-state index is 12.6. The van der Waals surface area contributed by atoms with Crippen molar-refractivity contribution in [2.75, 3.05) is 6.61 Å². The van der Waals surface area contributed by atoms with Gasteiger partial charge in [-0.15, -0.1) is 0 Å². The van der Waals surface area contributed by atoms with Crippen LogP contribution in [0.5, 0.6) is 5.75 Å². The second-order valence-electron chi connectivity index (χ2n) is 5.59. The van der Waals surface area contributed by atoms with Crippen molar-refractivity contribution in [3.05, 3.63) is 29.3 Å². The molecule has 1 heterocycles. The van der Waals surface area contributed by atoms with E-state index in [1.54, 1.807) is 39.0 Å². The molecule has 0 fully saturated rings. The van der Waals surface area contributed by atoms with Gasteiger partial charge in [-0.1, -0.05) is 6.07 Å². The number of ketones is 2. The van der Waals surface area contributed by atoms with Crippen LogP contribution in [-0.4, -0.2) is 29.7 Å². The third-order valence-electron chi connectivity index (χ3n) is 3.47. The molecule has 0 saturated carbocycles. The van der Waals surface area contributed by atoms with E-state index in [0.717, 1.165) is 5.56 Å². The number of benzene rings is 1. The Kier molecular flexibility index (Phi) is 3.85. The number of hydrogen-bond acceptors (Lipinski definition) is 5. The molecule has 1 aliphatic rings. The molecule has 1 unspecified atom stereocenters. The summed E-state index contributed by atoms with van der Waals surface area (Å²) >= 11 is 0. The molecule has 0 aromatic heterocycles. The van der Waals surface area contributed by atoms with Gasteiger partial charge < -0.3 is 9.47 Å². The lowest BCUT2D eigenvalue weighted by molar-refractivity contribution is -0.157. The summed E-state index contributed by atoms with van der Waals surface area (Å²) in [4.78, 5) is 36.5. The number of fused-ring (bicyclic) bond motifs is 1. The fourth-order valence-corrected chi connectivity index (χ4v) is 2.49. The Balaban J connectivity index is 2.43. The maximum absolute atomic E-state index is 12.6. The van der Waals surface area contributed by atoms with Crippen LogP contribution < -0.4 is 4.74 Å². The largest absolute Gasteiger partial charge is 0.486 e. The van der Waals surface area contributed by atoms with Gasteiger partial charge >= 0.3 is 5.97 Å². The standard InChI is InChI=1S/C16H18O5/c1-5-20-15(19)14(18)12-13(17)10-7-6-9(2)8-11(10)21-16(12,3)4/h6-8,12H,5H2,1-4H3. The average molecular weight is 290 g/mol. The first kappa shape index (κ1) is 15.2. The maximum Gasteiger partial charge on any atom is 0.375 e. The molecule has 5 nitrogen and oxygen atoms in total. The summed E-state index contributed by atoms with van der Waals surface area (Å²) in [5, 5.41) is 0. The SMILES string of the molecule is CCOC(=O)C(=O)C1C(=O)c2ccc(C)cc2OC1(C)C. The molecule has 21 heavy (non-hydrogen) atoms. The molecule has 2 rings (SSSR count). The third kappa shape index (κ3) is 2.68. The predicted molar refractivity (Wildman–Crippen MR) is 75.3 cm³/mol. The summed E-state index contributed by atoms with van der Waals surface area (Å²) < 4.78 is 10.5. The summed E-state index contributed by atoms with van der Waals surface area (Å²) in [5.74, 6) is -3.01. The number of ether oxygens (including phenoxy) is 2. The number of carbonyl (C=O) groups excluding carboxylic acids is 3. The van der Waals surface area contributed by atoms with Crippen molar-refractivity contribution in [1.82, 2.24) is 0 Å². The van der Waals surface area contributed by atoms with E-state index in [1.165, 1.54) is 0 Å². The van der Waals surface area contributed by atoms with E-state index >= 15 is 0 Å². The van der Waals surface area contributed by atoms with E-state index in [2.05, 4.69) is 0 Å². The Bertz CT molecular complexity index is 615. The van der Waals surface area contributed by atoms with E-state index in [9.17, 15) is 14.4 Å². The van der Waals surface area contributed by atoms with Crippen molar-refractivity contribution < 1.29 is 23.9 Å². The van der Waals surface area contributed by atoms with E-state index in [-0.39, 0.29) is 6.61 Å². The van der Waals surface area contributed by atoms with Crippen LogP contribution in [0.3, 0.4) is 0 Å². The number of Topliss-reactive ketones (excluding diaryl/α,β-unsaturated/α-hetero) is 2. The van der Waals surface area contributed by atoms with Crippen molar-refractivity contribution in [2.45, 2.75) is 33.3 Å². The molecule has 0 aliphatic carbocycles. The van der Waals surface area contributed by atoms with Crippen LogP contribution >= 0.6 is 0 Å². The summed E-state index contributed by atoms with van der Waals surface area (Å²) in [6.07, 6.45) is 0. The van der Waals surface area contributed by atoms with Crippen LogP contribution in [0.1, 0.15) is 36.7 Å². The van der Waals surface area contributed by atoms with Crippen molar-refractivity contribution in [3.63, 3.8) is 0 Å². The highest BCUT2D eigenvalue weighted by Gasteiger charge is 2.49. The summed E-state index contributed by atoms with van der Waals surface area (Å²) in [5.41, 5.74) is 0.178. The molecule has 0 spiro atoms. The van der Waals surface area contributed by atoms with Gasteiger partial charge in [0, 0.05) is 0 Å². The molecule has 112 valence electrons. The minimum absolute atomic E-state index is 0.0859. The lowest BCUT2D eigenvalue weighted by atomic mass is 9.78. The van der Waals surface area contributed by atoms with E-state index in [1.807, 2.05) is 6.92 Å². The Morgan fingerprint density at radius 2 is 2.00 bits per heavy atom. The van der Waals surface area contributed by atoms with Gasteiger partial charge in [-0.2, -0.15) is 0 Å². The molecule has 0 radical (unpaired) electrons. The van der Waals surface area contributed by atoms with Gasteiger partial charge in [-0.3, -0.25) is 9.59 Å². The Hall–Kier alpha value is -2.17. The smallest absolute Gasteiger partial charge is 0.375 e. The molecule has 1 atom stereocenters. The first-order valence-electron chi connectivity index (χ1n) is 6.82. The van der Waals surface area contributed by atoms with Gasteiger partial charge in [0.2, 0.25) is 0 Å². The van der Waals surface area contributed by atoms with Crippen molar-refractivity contribution in [2.24, 2.45) is 5.92 Å². The lowest BCUT2D eigenvalue weighted by Gasteiger charge is -2.37. The number of carbonyl (C=O) groups is 3. The molecule has 0 saturated heterocycles. The number of rotatable bonds is 3. The van der Waals surface area contributed by atoms with E-state index < -0.39 is 29.1 Å². The second kappa shape index (κ2) is 5.31. The van der Waals surface area contributed by atoms with E-state index in [0.29, 0.717) is 11.3 Å². The van der Waals surface area contributed by atoms with Crippen molar-refractivity contribution in [1.29, 1.82) is 0 Å². The highest BCUT2D eigenvalue weighted by molar-refractivity contribution is 6.40. The molecular formula is C16H18O5. The molecule has 0 N–H and O–H groups in total. The van der Waals surface area contributed by atoms with Crippen LogP contribution in [0.4, 0.5) is 0 Å². The lowest BCUT2D eigenvalue weighted by Crippen LogP contribution is -2.52. The molecule has 1 aromatic carbocycles. The van der Waals surface area contributed by atoms with Gasteiger partial charge in [0.25, 0.3) is 5.78 Å². The molecule has 1 aliphatic heterocycles. The molecule has 5 heteroatoms. The Labute approximate surface area is 123 Å². The monoisotopic (exact) mass is 290 g/mol. The number of esters is 1. The first-order valence-corrected chi connectivity index (χ1v) is 6.82. The van der Waals surface area contributed by atoms with Gasteiger partial charge in [-0.25, -0.2) is 4.79 Å². The highest BCUT2D eigenvalue weighted by Crippen LogP contribution is 2.38. The fourth-order valence-electron chi connectivity index (χ4n) is 2.49. The molecule has 0 bridgehead atoms. The van der Waals surface area contributed by atoms with Gasteiger partial charge in [0.15, 0.2) is 5.78 Å². The average Bonchev–Trinajstić information content (AvgIpc) is 2.37. The highest BCUT2D eigenvalue weighted by atomic mass is 16.5. The van der Waals surface area contributed by atoms with Crippen LogP contribution in [0.25, 0.3) is 0 Å². The van der Waals surface area contributed by atoms with Crippen LogP contribution in [-0.2, 0) is 14.3 Å². The van der Waals surface area contributed by atoms with Crippen LogP contribution in [0.15, 0.2) is 18.2 Å². The second-order valence-corrected chi connectivity index (χ2v) is 5.59. The van der Waals surface area contributed by atoms with Crippen LogP contribution in [0, 0.1) is 12.8 Å². The summed E-state index contributed by atoms with van der Waals surface area (Å²) in [7, 11) is 0. The number of hydrogen-bond donors (Lipinski definition) is 0. The zero-order valence-corrected chi connectivity index (χ0v) is 12.6. The minimum atomic E-state index is -1.19. The summed E-state index contributed by atoms with van der Waals surface area (Å²) in [6, 6.07) is 5.14. The fraction of sp³-hybridized carbons (Fsp3) is 0.438. The Morgan fingerprint density at radius 1 is 1.33 bits per heavy atom. The molecule has 1 aromatic rings. The third-order valence-corrected chi connectivity index (χ3v) is 3.47. The minimum Gasteiger partial charge on any atom is -0.486 e. The van der Waals surface area contributed by atoms with E-state index in [4.69, 9.17) is 9.47 Å². The normalized spacial score (nSPS) is 19.4. The zero-order valence-electron chi connectivity index (χ0n) is 12.6. The van der Waals surface area contributed by atoms with Crippen LogP contribution in [0.2, 0.25) is 0 Å². The molecular weight excluding hydrogens is 272 g/mol. The van der Waals surface area contributed by atoms with Gasteiger partial charge in [-0.05, 0) is 45.4 Å². The molecule has 0 amide bonds. The van der Waals surface area contributed by atoms with Gasteiger partial charge in [0.05, 0.1) is 12.2 Å². The quantitative estimate of drug-likeness (QED) is 0.484. The Morgan fingerprint density at radius 3 is 2.62 bits per heavy atom. The number of aryl methyl sites for hydroxylation is 1. The summed E-state index contributed by atoms with van der Waals surface area (Å²) in [6.45, 7) is 6.82.